The number of hydrogen-bond donors (Lipinski definition) is 2. The second-order valence-electron chi connectivity index (χ2n) is 5.89. The van der Waals surface area contributed by atoms with Crippen LogP contribution in [0.5, 0.6) is 0 Å². The highest BCUT2D eigenvalue weighted by atomic mass is 32.1. The lowest BCUT2D eigenvalue weighted by Crippen LogP contribution is -2.40. The number of hydrogen-bond acceptors (Lipinski definition) is 4. The van der Waals surface area contributed by atoms with Crippen molar-refractivity contribution < 1.29 is 0 Å². The van der Waals surface area contributed by atoms with E-state index >= 15 is 0 Å². The smallest absolute Gasteiger partial charge is 0.191 e. The molecule has 0 aliphatic carbocycles. The molecule has 130 valence electrons. The Hall–Kier alpha value is -1.14. The van der Waals surface area contributed by atoms with Gasteiger partial charge in [-0.05, 0) is 39.3 Å². The Bertz CT molecular complexity index is 485. The number of rotatable bonds is 8. The van der Waals surface area contributed by atoms with Crippen LogP contribution in [-0.4, -0.2) is 54.6 Å². The fraction of sp³-hybridized carbons (Fsp3) is 0.765. The summed E-state index contributed by atoms with van der Waals surface area (Å²) in [5, 5.41) is 7.99. The van der Waals surface area contributed by atoms with Crippen LogP contribution >= 0.6 is 11.3 Å². The molecule has 6 heteroatoms. The van der Waals surface area contributed by atoms with Crippen LogP contribution in [0.15, 0.2) is 11.2 Å². The van der Waals surface area contributed by atoms with E-state index in [1.54, 1.807) is 0 Å². The Morgan fingerprint density at radius 1 is 1.39 bits per heavy atom. The second-order valence-corrected chi connectivity index (χ2v) is 7.09. The first-order valence-corrected chi connectivity index (χ1v) is 9.78. The van der Waals surface area contributed by atoms with E-state index in [4.69, 9.17) is 4.99 Å². The fourth-order valence-electron chi connectivity index (χ4n) is 2.97. The molecule has 1 aromatic heterocycles. The van der Waals surface area contributed by atoms with E-state index in [9.17, 15) is 0 Å². The summed E-state index contributed by atoms with van der Waals surface area (Å²) in [4.78, 5) is 13.2. The largest absolute Gasteiger partial charge is 0.357 e. The first-order chi connectivity index (χ1) is 11.3. The fourth-order valence-corrected chi connectivity index (χ4v) is 3.83. The first kappa shape index (κ1) is 18.2. The standard InChI is InChI=1S/C17H31N5S/c1-4-15-13-20-16(23-15)9-10-19-17(18-5-2)21-12-14-8-7-11-22(14)6-3/h13-14H,4-12H2,1-3H3,(H2,18,19,21). The van der Waals surface area contributed by atoms with Crippen LogP contribution in [-0.2, 0) is 12.8 Å². The maximum atomic E-state index is 4.78. The van der Waals surface area contributed by atoms with Crippen LogP contribution in [0.4, 0.5) is 0 Å². The van der Waals surface area contributed by atoms with Gasteiger partial charge in [-0.3, -0.25) is 9.89 Å². The number of aliphatic imine (C=N–C) groups is 1. The van der Waals surface area contributed by atoms with Gasteiger partial charge in [-0.2, -0.15) is 0 Å². The Balaban J connectivity index is 1.79. The molecule has 1 unspecified atom stereocenters. The van der Waals surface area contributed by atoms with Gasteiger partial charge < -0.3 is 10.6 Å². The zero-order chi connectivity index (χ0) is 16.5. The average molecular weight is 338 g/mol. The SMILES string of the molecule is CCNC(=NCC1CCCN1CC)NCCc1ncc(CC)s1. The molecule has 1 atom stereocenters. The molecule has 5 nitrogen and oxygen atoms in total. The van der Waals surface area contributed by atoms with Crippen molar-refractivity contribution in [3.8, 4) is 0 Å². The number of likely N-dealkylation sites (N-methyl/N-ethyl adjacent to an activating group) is 1. The highest BCUT2D eigenvalue weighted by Crippen LogP contribution is 2.16. The number of nitrogens with one attached hydrogen (secondary N) is 2. The lowest BCUT2D eigenvalue weighted by Gasteiger charge is -2.21. The van der Waals surface area contributed by atoms with Crippen LogP contribution in [0, 0.1) is 0 Å². The number of guanidine groups is 1. The quantitative estimate of drug-likeness (QED) is 0.564. The molecule has 23 heavy (non-hydrogen) atoms. The molecular weight excluding hydrogens is 306 g/mol. The molecule has 1 aliphatic heterocycles. The number of likely N-dealkylation sites (tertiary alicyclic amines) is 1. The van der Waals surface area contributed by atoms with Gasteiger partial charge in [0.2, 0.25) is 0 Å². The minimum atomic E-state index is 0.613. The maximum absolute atomic E-state index is 4.78. The minimum absolute atomic E-state index is 0.613. The van der Waals surface area contributed by atoms with Crippen molar-refractivity contribution in [2.24, 2.45) is 4.99 Å². The van der Waals surface area contributed by atoms with E-state index in [1.807, 2.05) is 17.5 Å². The Morgan fingerprint density at radius 3 is 2.96 bits per heavy atom. The summed E-state index contributed by atoms with van der Waals surface area (Å²) >= 11 is 1.82. The van der Waals surface area contributed by atoms with Gasteiger partial charge in [0, 0.05) is 36.6 Å². The Kier molecular flexibility index (Phi) is 7.82. The normalized spacial score (nSPS) is 19.3. The van der Waals surface area contributed by atoms with Crippen LogP contribution < -0.4 is 10.6 Å². The molecule has 0 saturated carbocycles. The van der Waals surface area contributed by atoms with Crippen LogP contribution in [0.3, 0.4) is 0 Å². The highest BCUT2D eigenvalue weighted by Gasteiger charge is 2.22. The molecule has 1 aromatic rings. The topological polar surface area (TPSA) is 52.6 Å². The van der Waals surface area contributed by atoms with Gasteiger partial charge >= 0.3 is 0 Å². The highest BCUT2D eigenvalue weighted by molar-refractivity contribution is 7.11. The molecule has 0 spiro atoms. The molecular formula is C17H31N5S. The second kappa shape index (κ2) is 9.88. The third-order valence-electron chi connectivity index (χ3n) is 4.29. The minimum Gasteiger partial charge on any atom is -0.357 e. The van der Waals surface area contributed by atoms with Crippen molar-refractivity contribution in [3.05, 3.63) is 16.1 Å². The van der Waals surface area contributed by atoms with E-state index in [0.717, 1.165) is 45.0 Å². The van der Waals surface area contributed by atoms with Gasteiger partial charge in [0.1, 0.15) is 0 Å². The summed E-state index contributed by atoms with van der Waals surface area (Å²) in [7, 11) is 0. The molecule has 0 radical (unpaired) electrons. The maximum Gasteiger partial charge on any atom is 0.191 e. The molecule has 1 fully saturated rings. The van der Waals surface area contributed by atoms with Gasteiger partial charge in [-0.25, -0.2) is 4.98 Å². The van der Waals surface area contributed by atoms with Gasteiger partial charge in [0.05, 0.1) is 11.6 Å². The average Bonchev–Trinajstić information content (AvgIpc) is 3.21. The molecule has 2 N–H and O–H groups in total. The summed E-state index contributed by atoms with van der Waals surface area (Å²) in [6, 6.07) is 0.613. The zero-order valence-electron chi connectivity index (χ0n) is 14.8. The van der Waals surface area contributed by atoms with Crippen molar-refractivity contribution in [2.75, 3.05) is 32.7 Å². The molecule has 2 heterocycles. The number of thiazole rings is 1. The van der Waals surface area contributed by atoms with Crippen molar-refractivity contribution in [3.63, 3.8) is 0 Å². The van der Waals surface area contributed by atoms with Gasteiger partial charge in [0.15, 0.2) is 5.96 Å². The van der Waals surface area contributed by atoms with Crippen LogP contribution in [0.1, 0.15) is 43.5 Å². The van der Waals surface area contributed by atoms with Crippen LogP contribution in [0.25, 0.3) is 0 Å². The van der Waals surface area contributed by atoms with Crippen LogP contribution in [0.2, 0.25) is 0 Å². The molecule has 1 aliphatic rings. The van der Waals surface area contributed by atoms with Gasteiger partial charge in [-0.1, -0.05) is 13.8 Å². The lowest BCUT2D eigenvalue weighted by atomic mass is 10.2. The molecule has 0 amide bonds. The van der Waals surface area contributed by atoms with E-state index in [1.165, 1.54) is 29.3 Å². The summed E-state index contributed by atoms with van der Waals surface area (Å²) in [5.41, 5.74) is 0. The third kappa shape index (κ3) is 5.77. The predicted molar refractivity (Wildman–Crippen MR) is 99.4 cm³/mol. The van der Waals surface area contributed by atoms with E-state index in [0.29, 0.717) is 6.04 Å². The van der Waals surface area contributed by atoms with Gasteiger partial charge in [0.25, 0.3) is 0 Å². The van der Waals surface area contributed by atoms with Crippen molar-refractivity contribution in [1.82, 2.24) is 20.5 Å². The molecule has 1 saturated heterocycles. The molecule has 2 rings (SSSR count). The zero-order valence-corrected chi connectivity index (χ0v) is 15.6. The number of nitrogens with zero attached hydrogens (tertiary/aromatic N) is 3. The van der Waals surface area contributed by atoms with Crippen molar-refractivity contribution in [1.29, 1.82) is 0 Å². The van der Waals surface area contributed by atoms with E-state index in [-0.39, 0.29) is 0 Å². The summed E-state index contributed by atoms with van der Waals surface area (Å²) in [6.07, 6.45) is 6.61. The molecule has 0 bridgehead atoms. The third-order valence-corrected chi connectivity index (χ3v) is 5.49. The lowest BCUT2D eigenvalue weighted by molar-refractivity contribution is 0.273. The monoisotopic (exact) mass is 337 g/mol. The summed E-state index contributed by atoms with van der Waals surface area (Å²) in [5.74, 6) is 0.933. The van der Waals surface area contributed by atoms with Gasteiger partial charge in [-0.15, -0.1) is 11.3 Å². The van der Waals surface area contributed by atoms with Crippen molar-refractivity contribution in [2.45, 2.75) is 52.5 Å². The van der Waals surface area contributed by atoms with Crippen molar-refractivity contribution >= 4 is 17.3 Å². The van der Waals surface area contributed by atoms with E-state index < -0.39 is 0 Å². The number of aryl methyl sites for hydroxylation is 1. The summed E-state index contributed by atoms with van der Waals surface area (Å²) in [6.45, 7) is 11.5. The molecule has 0 aromatic carbocycles. The first-order valence-electron chi connectivity index (χ1n) is 8.96. The number of aromatic nitrogens is 1. The summed E-state index contributed by atoms with van der Waals surface area (Å²) < 4.78 is 0. The Labute approximate surface area is 144 Å². The van der Waals surface area contributed by atoms with E-state index in [2.05, 4.69) is 41.3 Å². The Morgan fingerprint density at radius 2 is 2.26 bits per heavy atom. The predicted octanol–water partition coefficient (Wildman–Crippen LogP) is 2.29.